The van der Waals surface area contributed by atoms with Gasteiger partial charge in [0.2, 0.25) is 0 Å². The molecule has 0 saturated heterocycles. The van der Waals surface area contributed by atoms with E-state index in [1.807, 2.05) is 62.4 Å². The van der Waals surface area contributed by atoms with Gasteiger partial charge in [-0.1, -0.05) is 36.4 Å². The first-order valence-electron chi connectivity index (χ1n) is 6.45. The zero-order valence-corrected chi connectivity index (χ0v) is 11.5. The average Bonchev–Trinajstić information content (AvgIpc) is 2.39. The number of ketones is 1. The summed E-state index contributed by atoms with van der Waals surface area (Å²) in [7, 11) is 0. The second-order valence-corrected chi connectivity index (χ2v) is 4.79. The first kappa shape index (κ1) is 13.3. The van der Waals surface area contributed by atoms with E-state index in [2.05, 4.69) is 0 Å². The predicted molar refractivity (Wildman–Crippen MR) is 77.6 cm³/mol. The molecule has 0 bridgehead atoms. The van der Waals surface area contributed by atoms with Crippen molar-refractivity contribution in [3.63, 3.8) is 0 Å². The molecule has 0 heterocycles. The van der Waals surface area contributed by atoms with E-state index in [0.29, 0.717) is 0 Å². The van der Waals surface area contributed by atoms with Crippen molar-refractivity contribution in [1.82, 2.24) is 0 Å². The van der Waals surface area contributed by atoms with Gasteiger partial charge in [0.1, 0.15) is 5.75 Å². The molecule has 2 nitrogen and oxygen atoms in total. The molecule has 98 valence electrons. The Morgan fingerprint density at radius 1 is 1.00 bits per heavy atom. The Hall–Kier alpha value is -2.09. The van der Waals surface area contributed by atoms with E-state index in [1.165, 1.54) is 0 Å². The quantitative estimate of drug-likeness (QED) is 0.758. The van der Waals surface area contributed by atoms with Crippen molar-refractivity contribution >= 4 is 5.78 Å². The molecule has 0 saturated carbocycles. The van der Waals surface area contributed by atoms with Crippen LogP contribution in [0.1, 0.15) is 31.1 Å². The summed E-state index contributed by atoms with van der Waals surface area (Å²) in [5.74, 6) is 0.928. The summed E-state index contributed by atoms with van der Waals surface area (Å²) in [4.78, 5) is 11.6. The molecule has 2 aromatic rings. The standard InChI is InChI=1S/C17H18O2/c1-12(2)19-15-10-8-14(9-11-15)17-7-5-4-6-16(17)13(3)18/h4-12H,1-3H3. The van der Waals surface area contributed by atoms with E-state index in [0.717, 1.165) is 22.4 Å². The van der Waals surface area contributed by atoms with Crippen molar-refractivity contribution in [2.24, 2.45) is 0 Å². The fraction of sp³-hybridized carbons (Fsp3) is 0.235. The number of carbonyl (C=O) groups is 1. The molecule has 0 aliphatic rings. The molecule has 2 rings (SSSR count). The van der Waals surface area contributed by atoms with E-state index in [1.54, 1.807) is 6.92 Å². The van der Waals surface area contributed by atoms with Crippen LogP contribution >= 0.6 is 0 Å². The van der Waals surface area contributed by atoms with Crippen LogP contribution in [-0.4, -0.2) is 11.9 Å². The minimum absolute atomic E-state index is 0.0816. The number of rotatable bonds is 4. The number of benzene rings is 2. The minimum Gasteiger partial charge on any atom is -0.491 e. The summed E-state index contributed by atoms with van der Waals surface area (Å²) < 4.78 is 5.62. The minimum atomic E-state index is 0.0816. The van der Waals surface area contributed by atoms with Crippen molar-refractivity contribution in [2.45, 2.75) is 26.9 Å². The normalized spacial score (nSPS) is 10.5. The van der Waals surface area contributed by atoms with Crippen molar-refractivity contribution in [3.05, 3.63) is 54.1 Å². The average molecular weight is 254 g/mol. The predicted octanol–water partition coefficient (Wildman–Crippen LogP) is 4.34. The molecule has 0 aromatic heterocycles. The van der Waals surface area contributed by atoms with Crippen LogP contribution in [0.25, 0.3) is 11.1 Å². The maximum absolute atomic E-state index is 11.6. The molecule has 0 aliphatic carbocycles. The maximum Gasteiger partial charge on any atom is 0.160 e. The summed E-state index contributed by atoms with van der Waals surface area (Å²) in [6.45, 7) is 5.59. The van der Waals surface area contributed by atoms with Crippen molar-refractivity contribution in [2.75, 3.05) is 0 Å². The van der Waals surface area contributed by atoms with E-state index >= 15 is 0 Å². The Bertz CT molecular complexity index is 568. The van der Waals surface area contributed by atoms with Crippen LogP contribution in [-0.2, 0) is 0 Å². The van der Waals surface area contributed by atoms with E-state index in [9.17, 15) is 4.79 Å². The smallest absolute Gasteiger partial charge is 0.160 e. The van der Waals surface area contributed by atoms with Crippen LogP contribution in [0, 0.1) is 0 Å². The van der Waals surface area contributed by atoms with Gasteiger partial charge in [-0.05, 0) is 44.0 Å². The molecule has 2 heteroatoms. The van der Waals surface area contributed by atoms with Crippen molar-refractivity contribution in [3.8, 4) is 16.9 Å². The highest BCUT2D eigenvalue weighted by atomic mass is 16.5. The number of hydrogen-bond acceptors (Lipinski definition) is 2. The van der Waals surface area contributed by atoms with Gasteiger partial charge in [0.25, 0.3) is 0 Å². The van der Waals surface area contributed by atoms with Gasteiger partial charge in [-0.25, -0.2) is 0 Å². The Balaban J connectivity index is 2.35. The summed E-state index contributed by atoms with van der Waals surface area (Å²) in [6.07, 6.45) is 0.162. The Kier molecular flexibility index (Phi) is 4.00. The van der Waals surface area contributed by atoms with Gasteiger partial charge < -0.3 is 4.74 Å². The van der Waals surface area contributed by atoms with Crippen LogP contribution in [0.4, 0.5) is 0 Å². The zero-order valence-electron chi connectivity index (χ0n) is 11.5. The lowest BCUT2D eigenvalue weighted by Crippen LogP contribution is -2.05. The van der Waals surface area contributed by atoms with Crippen LogP contribution in [0.2, 0.25) is 0 Å². The largest absolute Gasteiger partial charge is 0.491 e. The molecule has 0 unspecified atom stereocenters. The molecule has 19 heavy (non-hydrogen) atoms. The number of ether oxygens (including phenoxy) is 1. The Morgan fingerprint density at radius 2 is 1.63 bits per heavy atom. The number of hydrogen-bond donors (Lipinski definition) is 0. The molecule has 0 N–H and O–H groups in total. The third-order valence-corrected chi connectivity index (χ3v) is 2.84. The first-order valence-corrected chi connectivity index (χ1v) is 6.45. The van der Waals surface area contributed by atoms with Crippen LogP contribution < -0.4 is 4.74 Å². The highest BCUT2D eigenvalue weighted by Gasteiger charge is 2.08. The molecule has 0 aliphatic heterocycles. The Labute approximate surface area is 114 Å². The van der Waals surface area contributed by atoms with Crippen LogP contribution in [0.15, 0.2) is 48.5 Å². The van der Waals surface area contributed by atoms with Gasteiger partial charge in [-0.3, -0.25) is 4.79 Å². The third-order valence-electron chi connectivity index (χ3n) is 2.84. The van der Waals surface area contributed by atoms with Gasteiger partial charge in [-0.15, -0.1) is 0 Å². The molecular formula is C17H18O2. The summed E-state index contributed by atoms with van der Waals surface area (Å²) in [6, 6.07) is 15.5. The van der Waals surface area contributed by atoms with Crippen LogP contribution in [0.5, 0.6) is 5.75 Å². The second kappa shape index (κ2) is 5.70. The lowest BCUT2D eigenvalue weighted by atomic mass is 9.97. The first-order chi connectivity index (χ1) is 9.08. The topological polar surface area (TPSA) is 26.3 Å². The second-order valence-electron chi connectivity index (χ2n) is 4.79. The number of carbonyl (C=O) groups excluding carboxylic acids is 1. The molecule has 0 atom stereocenters. The third kappa shape index (κ3) is 3.22. The van der Waals surface area contributed by atoms with Crippen molar-refractivity contribution in [1.29, 1.82) is 0 Å². The van der Waals surface area contributed by atoms with E-state index in [4.69, 9.17) is 4.74 Å². The lowest BCUT2D eigenvalue weighted by Gasteiger charge is -2.11. The molecular weight excluding hydrogens is 236 g/mol. The highest BCUT2D eigenvalue weighted by molar-refractivity contribution is 6.00. The van der Waals surface area contributed by atoms with Crippen LogP contribution in [0.3, 0.4) is 0 Å². The summed E-state index contributed by atoms with van der Waals surface area (Å²) >= 11 is 0. The van der Waals surface area contributed by atoms with Gasteiger partial charge in [0.15, 0.2) is 5.78 Å². The number of Topliss-reactive ketones (excluding diaryl/α,β-unsaturated/α-hetero) is 1. The van der Waals surface area contributed by atoms with Gasteiger partial charge >= 0.3 is 0 Å². The molecule has 0 spiro atoms. The summed E-state index contributed by atoms with van der Waals surface area (Å²) in [5, 5.41) is 0. The molecule has 0 radical (unpaired) electrons. The highest BCUT2D eigenvalue weighted by Crippen LogP contribution is 2.26. The monoisotopic (exact) mass is 254 g/mol. The zero-order chi connectivity index (χ0) is 13.8. The van der Waals surface area contributed by atoms with Gasteiger partial charge in [-0.2, -0.15) is 0 Å². The summed E-state index contributed by atoms with van der Waals surface area (Å²) in [5.41, 5.74) is 2.74. The SMILES string of the molecule is CC(=O)c1ccccc1-c1ccc(OC(C)C)cc1. The van der Waals surface area contributed by atoms with E-state index < -0.39 is 0 Å². The molecule has 0 amide bonds. The molecule has 0 fully saturated rings. The van der Waals surface area contributed by atoms with Gasteiger partial charge in [0, 0.05) is 5.56 Å². The van der Waals surface area contributed by atoms with Crippen molar-refractivity contribution < 1.29 is 9.53 Å². The fourth-order valence-electron chi connectivity index (χ4n) is 2.03. The fourth-order valence-corrected chi connectivity index (χ4v) is 2.03. The molecule has 2 aromatic carbocycles. The maximum atomic E-state index is 11.6. The lowest BCUT2D eigenvalue weighted by molar-refractivity contribution is 0.101. The Morgan fingerprint density at radius 3 is 2.21 bits per heavy atom. The van der Waals surface area contributed by atoms with Gasteiger partial charge in [0.05, 0.1) is 6.10 Å². The van der Waals surface area contributed by atoms with E-state index in [-0.39, 0.29) is 11.9 Å².